The highest BCUT2D eigenvalue weighted by Crippen LogP contribution is 2.44. The topological polar surface area (TPSA) is 78.4 Å². The normalized spacial score (nSPS) is 18.3. The number of benzene rings is 3. The van der Waals surface area contributed by atoms with Crippen LogP contribution in [0.25, 0.3) is 6.08 Å². The monoisotopic (exact) mass is 392 g/mol. The zero-order valence-corrected chi connectivity index (χ0v) is 15.9. The van der Waals surface area contributed by atoms with Gasteiger partial charge in [-0.25, -0.2) is 0 Å². The second kappa shape index (κ2) is 7.14. The molecule has 0 bridgehead atoms. The molecule has 0 radical (unpaired) electrons. The van der Waals surface area contributed by atoms with Crippen molar-refractivity contribution in [1.82, 2.24) is 0 Å². The van der Waals surface area contributed by atoms with E-state index < -0.39 is 15.0 Å². The molecule has 0 amide bonds. The van der Waals surface area contributed by atoms with Crippen LogP contribution in [-0.2, 0) is 15.0 Å². The summed E-state index contributed by atoms with van der Waals surface area (Å²) >= 11 is 0. The van der Waals surface area contributed by atoms with E-state index in [1.165, 1.54) is 0 Å². The van der Waals surface area contributed by atoms with Gasteiger partial charge in [-0.1, -0.05) is 60.7 Å². The Hall–Kier alpha value is -3.09. The van der Waals surface area contributed by atoms with E-state index in [1.807, 2.05) is 72.8 Å². The van der Waals surface area contributed by atoms with Gasteiger partial charge in [0.1, 0.15) is 0 Å². The van der Waals surface area contributed by atoms with Gasteiger partial charge in [0.05, 0.1) is 0 Å². The average molecular weight is 392 g/mol. The van der Waals surface area contributed by atoms with Gasteiger partial charge in [-0.05, 0) is 35.9 Å². The molecule has 1 unspecified atom stereocenters. The zero-order valence-electron chi connectivity index (χ0n) is 15.0. The van der Waals surface area contributed by atoms with Crippen molar-refractivity contribution in [2.75, 3.05) is 10.6 Å². The Kier molecular flexibility index (Phi) is 4.66. The lowest BCUT2D eigenvalue weighted by Gasteiger charge is -2.37. The van der Waals surface area contributed by atoms with E-state index in [2.05, 4.69) is 10.6 Å². The van der Waals surface area contributed by atoms with Crippen molar-refractivity contribution in [3.05, 3.63) is 96.1 Å². The van der Waals surface area contributed by atoms with Crippen LogP contribution in [0.2, 0.25) is 0 Å². The molecule has 0 saturated carbocycles. The Bertz CT molecular complexity index is 1110. The SMILES string of the molecule is O=S(=O)(O)C1(Nc2ccccc2)CC=Cc2cccc(Nc3ccccc3)c21. The lowest BCUT2D eigenvalue weighted by molar-refractivity contribution is 0.439. The minimum Gasteiger partial charge on any atom is -0.361 e. The summed E-state index contributed by atoms with van der Waals surface area (Å²) < 4.78 is 35.8. The third-order valence-electron chi connectivity index (χ3n) is 4.82. The predicted molar refractivity (Wildman–Crippen MR) is 113 cm³/mol. The molecule has 28 heavy (non-hydrogen) atoms. The maximum Gasteiger partial charge on any atom is 0.293 e. The number of fused-ring (bicyclic) bond motifs is 1. The number of anilines is 3. The van der Waals surface area contributed by atoms with Gasteiger partial charge < -0.3 is 10.6 Å². The molecule has 1 atom stereocenters. The zero-order chi connectivity index (χ0) is 19.6. The minimum absolute atomic E-state index is 0.0984. The lowest BCUT2D eigenvalue weighted by atomic mass is 9.90. The molecule has 0 spiro atoms. The van der Waals surface area contributed by atoms with Gasteiger partial charge in [0.15, 0.2) is 4.87 Å². The molecular formula is C22H20N2O3S. The molecule has 0 aromatic heterocycles. The predicted octanol–water partition coefficient (Wildman–Crippen LogP) is 5.00. The summed E-state index contributed by atoms with van der Waals surface area (Å²) in [5.74, 6) is 0. The van der Waals surface area contributed by atoms with Crippen molar-refractivity contribution < 1.29 is 13.0 Å². The Labute approximate surface area is 164 Å². The molecule has 0 fully saturated rings. The third kappa shape index (κ3) is 3.28. The summed E-state index contributed by atoms with van der Waals surface area (Å²) in [7, 11) is -4.52. The Morgan fingerprint density at radius 2 is 1.46 bits per heavy atom. The smallest absolute Gasteiger partial charge is 0.293 e. The molecule has 3 N–H and O–H groups in total. The van der Waals surface area contributed by atoms with Crippen LogP contribution in [0, 0.1) is 0 Å². The molecule has 1 aliphatic carbocycles. The first-order valence-corrected chi connectivity index (χ1v) is 10.4. The van der Waals surface area contributed by atoms with Crippen molar-refractivity contribution in [1.29, 1.82) is 0 Å². The van der Waals surface area contributed by atoms with Crippen LogP contribution in [0.5, 0.6) is 0 Å². The number of para-hydroxylation sites is 2. The second-order valence-electron chi connectivity index (χ2n) is 6.66. The number of hydrogen-bond acceptors (Lipinski definition) is 4. The summed E-state index contributed by atoms with van der Waals surface area (Å²) in [5, 5.41) is 6.38. The fraction of sp³-hybridized carbons (Fsp3) is 0.0909. The van der Waals surface area contributed by atoms with Gasteiger partial charge in [-0.3, -0.25) is 4.55 Å². The largest absolute Gasteiger partial charge is 0.361 e. The first-order valence-electron chi connectivity index (χ1n) is 8.92. The van der Waals surface area contributed by atoms with E-state index in [1.54, 1.807) is 18.2 Å². The molecule has 4 rings (SSSR count). The second-order valence-corrected chi connectivity index (χ2v) is 8.31. The van der Waals surface area contributed by atoms with Gasteiger partial charge in [-0.2, -0.15) is 8.42 Å². The van der Waals surface area contributed by atoms with Gasteiger partial charge in [0, 0.05) is 29.0 Å². The fourth-order valence-electron chi connectivity index (χ4n) is 3.56. The van der Waals surface area contributed by atoms with Crippen LogP contribution >= 0.6 is 0 Å². The van der Waals surface area contributed by atoms with Crippen LogP contribution in [0.1, 0.15) is 17.5 Å². The van der Waals surface area contributed by atoms with E-state index in [9.17, 15) is 13.0 Å². The van der Waals surface area contributed by atoms with E-state index in [0.717, 1.165) is 11.3 Å². The van der Waals surface area contributed by atoms with Crippen molar-refractivity contribution >= 4 is 33.3 Å². The highest BCUT2D eigenvalue weighted by Gasteiger charge is 2.48. The minimum atomic E-state index is -4.52. The fourth-order valence-corrected chi connectivity index (χ4v) is 4.60. The molecule has 5 nitrogen and oxygen atoms in total. The van der Waals surface area contributed by atoms with E-state index >= 15 is 0 Å². The Morgan fingerprint density at radius 3 is 2.11 bits per heavy atom. The molecule has 3 aromatic carbocycles. The number of rotatable bonds is 5. The first-order chi connectivity index (χ1) is 13.5. The van der Waals surface area contributed by atoms with Crippen molar-refractivity contribution in [2.24, 2.45) is 0 Å². The average Bonchev–Trinajstić information content (AvgIpc) is 2.69. The molecule has 142 valence electrons. The molecule has 1 aliphatic rings. The highest BCUT2D eigenvalue weighted by molar-refractivity contribution is 7.87. The summed E-state index contributed by atoms with van der Waals surface area (Å²) in [6, 6.07) is 24.1. The van der Waals surface area contributed by atoms with Crippen LogP contribution in [0.4, 0.5) is 17.1 Å². The summed E-state index contributed by atoms with van der Waals surface area (Å²) in [6.07, 6.45) is 3.74. The highest BCUT2D eigenvalue weighted by atomic mass is 32.2. The quantitative estimate of drug-likeness (QED) is 0.533. The standard InChI is InChI=1S/C22H20N2O3S/c25-28(26,27)22(24-19-13-5-2-6-14-19)16-8-10-17-9-7-15-20(21(17)22)23-18-11-3-1-4-12-18/h1-15,23-24H,16H2,(H,25,26,27). The van der Waals surface area contributed by atoms with E-state index in [-0.39, 0.29) is 6.42 Å². The van der Waals surface area contributed by atoms with Gasteiger partial charge in [0.2, 0.25) is 0 Å². The van der Waals surface area contributed by atoms with E-state index in [4.69, 9.17) is 0 Å². The molecule has 3 aromatic rings. The molecule has 0 aliphatic heterocycles. The van der Waals surface area contributed by atoms with Crippen molar-refractivity contribution in [3.8, 4) is 0 Å². The first kappa shape index (κ1) is 18.3. The van der Waals surface area contributed by atoms with Crippen molar-refractivity contribution in [3.63, 3.8) is 0 Å². The maximum atomic E-state index is 12.7. The summed E-state index contributed by atoms with van der Waals surface area (Å²) in [6.45, 7) is 0. The molecule has 0 saturated heterocycles. The Balaban J connectivity index is 1.90. The van der Waals surface area contributed by atoms with Crippen LogP contribution in [0.15, 0.2) is 84.9 Å². The molecular weight excluding hydrogens is 372 g/mol. The lowest BCUT2D eigenvalue weighted by Crippen LogP contribution is -2.44. The summed E-state index contributed by atoms with van der Waals surface area (Å²) in [4.78, 5) is -1.70. The third-order valence-corrected chi connectivity index (χ3v) is 6.17. The van der Waals surface area contributed by atoms with Gasteiger partial charge in [0.25, 0.3) is 10.1 Å². The van der Waals surface area contributed by atoms with E-state index in [0.29, 0.717) is 16.9 Å². The number of hydrogen-bond donors (Lipinski definition) is 3. The Morgan fingerprint density at radius 1 is 0.821 bits per heavy atom. The van der Waals surface area contributed by atoms with Crippen LogP contribution in [-0.4, -0.2) is 13.0 Å². The molecule has 6 heteroatoms. The van der Waals surface area contributed by atoms with Gasteiger partial charge >= 0.3 is 0 Å². The van der Waals surface area contributed by atoms with Crippen molar-refractivity contribution in [2.45, 2.75) is 11.3 Å². The van der Waals surface area contributed by atoms with Gasteiger partial charge in [-0.15, -0.1) is 0 Å². The van der Waals surface area contributed by atoms with Crippen LogP contribution in [0.3, 0.4) is 0 Å². The van der Waals surface area contributed by atoms with Crippen LogP contribution < -0.4 is 10.6 Å². The molecule has 0 heterocycles. The summed E-state index contributed by atoms with van der Waals surface area (Å²) in [5.41, 5.74) is 3.28. The maximum absolute atomic E-state index is 12.7. The number of nitrogens with one attached hydrogen (secondary N) is 2.